The second-order valence-electron chi connectivity index (χ2n) is 3.87. The van der Waals surface area contributed by atoms with E-state index in [1.807, 2.05) is 18.2 Å². The van der Waals surface area contributed by atoms with Crippen LogP contribution in [0.3, 0.4) is 0 Å². The molecule has 3 rings (SSSR count). The van der Waals surface area contributed by atoms with Crippen LogP contribution in [0.1, 0.15) is 11.3 Å². The number of hydrazine groups is 1. The van der Waals surface area contributed by atoms with Gasteiger partial charge in [-0.2, -0.15) is 0 Å². The first kappa shape index (κ1) is 12.2. The van der Waals surface area contributed by atoms with Crippen molar-refractivity contribution in [2.45, 2.75) is 13.2 Å². The molecular weight excluding hydrogens is 268 g/mol. The van der Waals surface area contributed by atoms with E-state index in [9.17, 15) is 0 Å². The predicted molar refractivity (Wildman–Crippen MR) is 68.8 cm³/mol. The molecule has 2 aromatic rings. The van der Waals surface area contributed by atoms with Crippen LogP contribution >= 0.6 is 11.5 Å². The maximum atomic E-state index is 5.58. The quantitative estimate of drug-likeness (QED) is 0.629. The molecule has 1 aliphatic rings. The highest BCUT2D eigenvalue weighted by Gasteiger charge is 2.13. The third-order valence-electron chi connectivity index (χ3n) is 2.63. The standard InChI is InChI=1S/C11H12N4O3S/c12-13-11-8(14-15-19-11)5-16-4-7-1-2-9-10(3-7)18-6-17-9/h1-3,13H,4-6,12H2. The van der Waals surface area contributed by atoms with Crippen LogP contribution in [-0.2, 0) is 18.0 Å². The van der Waals surface area contributed by atoms with Crippen molar-refractivity contribution < 1.29 is 14.2 Å². The average Bonchev–Trinajstić information content (AvgIpc) is 3.06. The number of fused-ring (bicyclic) bond motifs is 1. The summed E-state index contributed by atoms with van der Waals surface area (Å²) in [6, 6.07) is 5.72. The van der Waals surface area contributed by atoms with Crippen molar-refractivity contribution in [3.8, 4) is 11.5 Å². The van der Waals surface area contributed by atoms with Crippen LogP contribution in [0.4, 0.5) is 5.00 Å². The number of hydrogen-bond acceptors (Lipinski definition) is 8. The second kappa shape index (κ2) is 5.39. The molecule has 19 heavy (non-hydrogen) atoms. The smallest absolute Gasteiger partial charge is 0.231 e. The highest BCUT2D eigenvalue weighted by Crippen LogP contribution is 2.32. The lowest BCUT2D eigenvalue weighted by atomic mass is 10.2. The van der Waals surface area contributed by atoms with E-state index in [1.54, 1.807) is 0 Å². The van der Waals surface area contributed by atoms with E-state index in [0.717, 1.165) is 17.1 Å². The normalized spacial score (nSPS) is 12.7. The summed E-state index contributed by atoms with van der Waals surface area (Å²) in [5, 5.41) is 4.65. The molecule has 0 radical (unpaired) electrons. The van der Waals surface area contributed by atoms with Gasteiger partial charge in [0.1, 0.15) is 10.7 Å². The lowest BCUT2D eigenvalue weighted by molar-refractivity contribution is 0.105. The fourth-order valence-electron chi connectivity index (χ4n) is 1.71. The Kier molecular flexibility index (Phi) is 3.45. The van der Waals surface area contributed by atoms with Crippen LogP contribution in [0, 0.1) is 0 Å². The molecule has 1 aromatic heterocycles. The number of nitrogen functional groups attached to an aromatic ring is 1. The van der Waals surface area contributed by atoms with Gasteiger partial charge in [0.25, 0.3) is 0 Å². The molecule has 100 valence electrons. The van der Waals surface area contributed by atoms with E-state index in [1.165, 1.54) is 11.5 Å². The largest absolute Gasteiger partial charge is 0.454 e. The number of rotatable bonds is 5. The van der Waals surface area contributed by atoms with Gasteiger partial charge < -0.3 is 19.6 Å². The van der Waals surface area contributed by atoms with E-state index >= 15 is 0 Å². The first-order valence-electron chi connectivity index (χ1n) is 5.61. The maximum absolute atomic E-state index is 5.58. The molecule has 0 unspecified atom stereocenters. The summed E-state index contributed by atoms with van der Waals surface area (Å²) in [7, 11) is 0. The van der Waals surface area contributed by atoms with E-state index in [0.29, 0.717) is 23.9 Å². The van der Waals surface area contributed by atoms with Gasteiger partial charge >= 0.3 is 0 Å². The predicted octanol–water partition coefficient (Wildman–Crippen LogP) is 1.27. The molecule has 0 amide bonds. The molecule has 1 aliphatic heterocycles. The number of hydrogen-bond donors (Lipinski definition) is 2. The molecule has 7 nitrogen and oxygen atoms in total. The molecule has 0 spiro atoms. The van der Waals surface area contributed by atoms with E-state index < -0.39 is 0 Å². The van der Waals surface area contributed by atoms with Gasteiger partial charge in [-0.05, 0) is 17.7 Å². The molecule has 0 bridgehead atoms. The van der Waals surface area contributed by atoms with Gasteiger partial charge in [0.15, 0.2) is 11.5 Å². The van der Waals surface area contributed by atoms with Gasteiger partial charge in [0.2, 0.25) is 6.79 Å². The second-order valence-corrected chi connectivity index (χ2v) is 4.63. The molecule has 0 saturated carbocycles. The Balaban J connectivity index is 1.58. The molecule has 8 heteroatoms. The number of benzene rings is 1. The summed E-state index contributed by atoms with van der Waals surface area (Å²) in [5.74, 6) is 6.85. The Labute approximate surface area is 113 Å². The summed E-state index contributed by atoms with van der Waals surface area (Å²) in [6.45, 7) is 1.08. The van der Waals surface area contributed by atoms with Gasteiger partial charge in [-0.3, -0.25) is 0 Å². The minimum Gasteiger partial charge on any atom is -0.454 e. The minimum atomic E-state index is 0.273. The van der Waals surface area contributed by atoms with Crippen molar-refractivity contribution in [3.05, 3.63) is 29.5 Å². The summed E-state index contributed by atoms with van der Waals surface area (Å²) < 4.78 is 19.9. The van der Waals surface area contributed by atoms with Gasteiger partial charge in [-0.1, -0.05) is 10.6 Å². The van der Waals surface area contributed by atoms with Crippen molar-refractivity contribution >= 4 is 16.5 Å². The van der Waals surface area contributed by atoms with Crippen molar-refractivity contribution in [1.29, 1.82) is 0 Å². The van der Waals surface area contributed by atoms with Crippen molar-refractivity contribution in [2.24, 2.45) is 5.84 Å². The van der Waals surface area contributed by atoms with Gasteiger partial charge in [-0.25, -0.2) is 5.84 Å². The Hall–Kier alpha value is -1.90. The molecule has 0 fully saturated rings. The highest BCUT2D eigenvalue weighted by molar-refractivity contribution is 7.10. The zero-order chi connectivity index (χ0) is 13.1. The number of nitrogens with zero attached hydrogens (tertiary/aromatic N) is 2. The number of nitrogens with two attached hydrogens (primary N) is 1. The SMILES string of the molecule is NNc1snnc1COCc1ccc2c(c1)OCO2. The van der Waals surface area contributed by atoms with Crippen LogP contribution < -0.4 is 20.7 Å². The highest BCUT2D eigenvalue weighted by atomic mass is 32.1. The molecular formula is C11H12N4O3S. The lowest BCUT2D eigenvalue weighted by Gasteiger charge is -2.04. The van der Waals surface area contributed by atoms with Crippen molar-refractivity contribution in [2.75, 3.05) is 12.2 Å². The Morgan fingerprint density at radius 1 is 1.32 bits per heavy atom. The molecule has 0 aliphatic carbocycles. The fraction of sp³-hybridized carbons (Fsp3) is 0.273. The third kappa shape index (κ3) is 2.60. The maximum Gasteiger partial charge on any atom is 0.231 e. The first-order valence-corrected chi connectivity index (χ1v) is 6.38. The third-order valence-corrected chi connectivity index (χ3v) is 3.33. The van der Waals surface area contributed by atoms with Crippen LogP contribution in [-0.4, -0.2) is 16.4 Å². The number of ether oxygens (including phenoxy) is 3. The average molecular weight is 280 g/mol. The van der Waals surface area contributed by atoms with Crippen LogP contribution in [0.25, 0.3) is 0 Å². The van der Waals surface area contributed by atoms with Gasteiger partial charge in [0.05, 0.1) is 13.2 Å². The molecule has 2 heterocycles. The molecule has 0 saturated heterocycles. The van der Waals surface area contributed by atoms with Crippen LogP contribution in [0.15, 0.2) is 18.2 Å². The number of anilines is 1. The summed E-state index contributed by atoms with van der Waals surface area (Å²) >= 11 is 1.20. The topological polar surface area (TPSA) is 91.5 Å². The van der Waals surface area contributed by atoms with Crippen molar-refractivity contribution in [1.82, 2.24) is 9.59 Å². The zero-order valence-corrected chi connectivity index (χ0v) is 10.8. The zero-order valence-electron chi connectivity index (χ0n) is 9.96. The lowest BCUT2D eigenvalue weighted by Crippen LogP contribution is -2.08. The van der Waals surface area contributed by atoms with Crippen LogP contribution in [0.5, 0.6) is 11.5 Å². The summed E-state index contributed by atoms with van der Waals surface area (Å²) in [5.41, 5.74) is 4.25. The number of nitrogens with one attached hydrogen (secondary N) is 1. The summed E-state index contributed by atoms with van der Waals surface area (Å²) in [4.78, 5) is 0. The molecule has 0 atom stereocenters. The van der Waals surface area contributed by atoms with E-state index in [2.05, 4.69) is 15.0 Å². The first-order chi connectivity index (χ1) is 9.36. The minimum absolute atomic E-state index is 0.273. The monoisotopic (exact) mass is 280 g/mol. The van der Waals surface area contributed by atoms with Gasteiger partial charge in [-0.15, -0.1) is 5.10 Å². The molecule has 1 aromatic carbocycles. The van der Waals surface area contributed by atoms with Crippen molar-refractivity contribution in [3.63, 3.8) is 0 Å². The Bertz CT molecular complexity index is 575. The van der Waals surface area contributed by atoms with Gasteiger partial charge in [0, 0.05) is 11.5 Å². The Morgan fingerprint density at radius 2 is 2.21 bits per heavy atom. The van der Waals surface area contributed by atoms with E-state index in [4.69, 9.17) is 20.1 Å². The van der Waals surface area contributed by atoms with Crippen LogP contribution in [0.2, 0.25) is 0 Å². The molecule has 3 N–H and O–H groups in total. The summed E-state index contributed by atoms with van der Waals surface area (Å²) in [6.07, 6.45) is 0. The Morgan fingerprint density at radius 3 is 3.11 bits per heavy atom. The fourth-order valence-corrected chi connectivity index (χ4v) is 2.19. The van der Waals surface area contributed by atoms with E-state index in [-0.39, 0.29) is 6.79 Å². The number of aromatic nitrogens is 2.